The highest BCUT2D eigenvalue weighted by Gasteiger charge is 2.27. The van der Waals surface area contributed by atoms with E-state index in [-0.39, 0.29) is 24.3 Å². The second kappa shape index (κ2) is 7.71. The Hall–Kier alpha value is -1.44. The number of amides is 1. The molecule has 1 aliphatic heterocycles. The molecule has 7 heteroatoms. The Labute approximate surface area is 131 Å². The van der Waals surface area contributed by atoms with Gasteiger partial charge in [-0.25, -0.2) is 8.42 Å². The summed E-state index contributed by atoms with van der Waals surface area (Å²) in [5, 5.41) is 3.26. The van der Waals surface area contributed by atoms with Crippen LogP contribution in [0.2, 0.25) is 0 Å². The van der Waals surface area contributed by atoms with Crippen molar-refractivity contribution in [3.05, 3.63) is 35.9 Å². The van der Waals surface area contributed by atoms with Gasteiger partial charge in [-0.3, -0.25) is 9.52 Å². The highest BCUT2D eigenvalue weighted by atomic mass is 32.2. The number of sulfonamides is 1. The number of methoxy groups -OCH3 is 1. The fourth-order valence-electron chi connectivity index (χ4n) is 2.65. The van der Waals surface area contributed by atoms with E-state index in [0.29, 0.717) is 5.56 Å². The van der Waals surface area contributed by atoms with Crippen LogP contribution in [-0.2, 0) is 25.3 Å². The molecule has 0 saturated carbocycles. The SMILES string of the molecule is COC(CC(=O)NS(=O)(=O)Cc1ccccc1)[C@@H]1CCCN1. The van der Waals surface area contributed by atoms with Crippen LogP contribution in [0.3, 0.4) is 0 Å². The Morgan fingerprint density at radius 1 is 1.41 bits per heavy atom. The molecule has 1 fully saturated rings. The van der Waals surface area contributed by atoms with Crippen LogP contribution in [0.15, 0.2) is 30.3 Å². The molecular formula is C15H22N2O4S. The zero-order chi connectivity index (χ0) is 16.0. The summed E-state index contributed by atoms with van der Waals surface area (Å²) >= 11 is 0. The lowest BCUT2D eigenvalue weighted by Crippen LogP contribution is -2.41. The molecule has 2 rings (SSSR count). The van der Waals surface area contributed by atoms with Crippen LogP contribution in [0.4, 0.5) is 0 Å². The third-order valence-electron chi connectivity index (χ3n) is 3.71. The molecule has 1 heterocycles. The quantitative estimate of drug-likeness (QED) is 0.774. The maximum atomic E-state index is 12.0. The number of carbonyl (C=O) groups is 1. The van der Waals surface area contributed by atoms with Crippen LogP contribution >= 0.6 is 0 Å². The lowest BCUT2D eigenvalue weighted by atomic mass is 10.1. The highest BCUT2D eigenvalue weighted by Crippen LogP contribution is 2.14. The standard InChI is InChI=1S/C15H22N2O4S/c1-21-14(13-8-5-9-16-13)10-15(18)17-22(19,20)11-12-6-3-2-4-7-12/h2-4,6-7,13-14,16H,5,8-11H2,1H3,(H,17,18)/t13-,14?/m0/s1. The van der Waals surface area contributed by atoms with Gasteiger partial charge in [-0.05, 0) is 24.9 Å². The molecule has 2 atom stereocenters. The molecule has 1 aromatic carbocycles. The molecule has 122 valence electrons. The van der Waals surface area contributed by atoms with Gasteiger partial charge in [0.05, 0.1) is 18.3 Å². The number of carbonyl (C=O) groups excluding carboxylic acids is 1. The van der Waals surface area contributed by atoms with Crippen molar-refractivity contribution in [2.45, 2.75) is 37.2 Å². The number of ether oxygens (including phenoxy) is 1. The number of hydrogen-bond donors (Lipinski definition) is 2. The van der Waals surface area contributed by atoms with Crippen molar-refractivity contribution >= 4 is 15.9 Å². The lowest BCUT2D eigenvalue weighted by Gasteiger charge is -2.21. The van der Waals surface area contributed by atoms with Crippen LogP contribution in [0.1, 0.15) is 24.8 Å². The maximum Gasteiger partial charge on any atom is 0.239 e. The van der Waals surface area contributed by atoms with Crippen LogP contribution in [-0.4, -0.2) is 40.1 Å². The van der Waals surface area contributed by atoms with Crippen LogP contribution in [0, 0.1) is 0 Å². The van der Waals surface area contributed by atoms with Crippen molar-refractivity contribution in [3.63, 3.8) is 0 Å². The minimum Gasteiger partial charge on any atom is -0.379 e. The van der Waals surface area contributed by atoms with Crippen LogP contribution in [0.5, 0.6) is 0 Å². The van der Waals surface area contributed by atoms with Gasteiger partial charge in [-0.2, -0.15) is 0 Å². The van der Waals surface area contributed by atoms with Crippen LogP contribution < -0.4 is 10.0 Å². The molecule has 1 unspecified atom stereocenters. The average molecular weight is 326 g/mol. The van der Waals surface area contributed by atoms with Crippen molar-refractivity contribution in [1.82, 2.24) is 10.0 Å². The second-order valence-corrected chi connectivity index (χ2v) is 7.17. The molecule has 6 nitrogen and oxygen atoms in total. The first-order chi connectivity index (χ1) is 10.5. The predicted molar refractivity (Wildman–Crippen MR) is 83.6 cm³/mol. The van der Waals surface area contributed by atoms with Gasteiger partial charge in [-0.1, -0.05) is 30.3 Å². The summed E-state index contributed by atoms with van der Waals surface area (Å²) in [4.78, 5) is 12.0. The van der Waals surface area contributed by atoms with Crippen LogP contribution in [0.25, 0.3) is 0 Å². The third-order valence-corrected chi connectivity index (χ3v) is 4.96. The number of benzene rings is 1. The van der Waals surface area contributed by atoms with E-state index in [1.165, 1.54) is 7.11 Å². The first kappa shape index (κ1) is 16.9. The van der Waals surface area contributed by atoms with Gasteiger partial charge >= 0.3 is 0 Å². The van der Waals surface area contributed by atoms with Gasteiger partial charge in [0.2, 0.25) is 15.9 Å². The van der Waals surface area contributed by atoms with Crippen molar-refractivity contribution in [2.75, 3.05) is 13.7 Å². The highest BCUT2D eigenvalue weighted by molar-refractivity contribution is 7.89. The molecule has 22 heavy (non-hydrogen) atoms. The molecule has 0 radical (unpaired) electrons. The Kier molecular flexibility index (Phi) is 5.93. The Balaban J connectivity index is 1.89. The van der Waals surface area contributed by atoms with Crippen molar-refractivity contribution in [3.8, 4) is 0 Å². The van der Waals surface area contributed by atoms with E-state index in [2.05, 4.69) is 10.0 Å². The smallest absolute Gasteiger partial charge is 0.239 e. The van der Waals surface area contributed by atoms with E-state index in [1.54, 1.807) is 24.3 Å². The van der Waals surface area contributed by atoms with Gasteiger partial charge < -0.3 is 10.1 Å². The molecule has 1 aromatic rings. The molecule has 0 aromatic heterocycles. The van der Waals surface area contributed by atoms with Crippen molar-refractivity contribution in [2.24, 2.45) is 0 Å². The zero-order valence-corrected chi connectivity index (χ0v) is 13.4. The topological polar surface area (TPSA) is 84.5 Å². The average Bonchev–Trinajstić information content (AvgIpc) is 2.98. The monoisotopic (exact) mass is 326 g/mol. The molecule has 1 saturated heterocycles. The van der Waals surface area contributed by atoms with Gasteiger partial charge in [0.25, 0.3) is 0 Å². The first-order valence-electron chi connectivity index (χ1n) is 7.33. The van der Waals surface area contributed by atoms with E-state index >= 15 is 0 Å². The summed E-state index contributed by atoms with van der Waals surface area (Å²) in [5.41, 5.74) is 0.642. The molecule has 1 amide bonds. The molecule has 2 N–H and O–H groups in total. The van der Waals surface area contributed by atoms with Gasteiger partial charge in [0, 0.05) is 13.2 Å². The zero-order valence-electron chi connectivity index (χ0n) is 12.6. The summed E-state index contributed by atoms with van der Waals surface area (Å²) in [6.07, 6.45) is 1.69. The molecular weight excluding hydrogens is 304 g/mol. The van der Waals surface area contributed by atoms with Gasteiger partial charge in [-0.15, -0.1) is 0 Å². The summed E-state index contributed by atoms with van der Waals surface area (Å²) in [6.45, 7) is 0.901. The van der Waals surface area contributed by atoms with E-state index < -0.39 is 15.9 Å². The van der Waals surface area contributed by atoms with Crippen molar-refractivity contribution < 1.29 is 17.9 Å². The molecule has 1 aliphatic rings. The first-order valence-corrected chi connectivity index (χ1v) is 8.99. The normalized spacial score (nSPS) is 19.8. The van der Waals surface area contributed by atoms with Gasteiger partial charge in [0.1, 0.15) is 0 Å². The third kappa shape index (κ3) is 5.08. The Morgan fingerprint density at radius 2 is 2.14 bits per heavy atom. The number of nitrogens with one attached hydrogen (secondary N) is 2. The summed E-state index contributed by atoms with van der Waals surface area (Å²) in [5.74, 6) is -0.740. The fraction of sp³-hybridized carbons (Fsp3) is 0.533. The predicted octanol–water partition coefficient (Wildman–Crippen LogP) is 0.790. The van der Waals surface area contributed by atoms with E-state index in [1.807, 2.05) is 6.07 Å². The fourth-order valence-corrected chi connectivity index (χ4v) is 3.78. The molecule has 0 bridgehead atoms. The minimum absolute atomic E-state index is 0.0299. The van der Waals surface area contributed by atoms with Gasteiger partial charge in [0.15, 0.2) is 0 Å². The minimum atomic E-state index is -3.69. The van der Waals surface area contributed by atoms with Crippen molar-refractivity contribution in [1.29, 1.82) is 0 Å². The maximum absolute atomic E-state index is 12.0. The second-order valence-electron chi connectivity index (χ2n) is 5.45. The van der Waals surface area contributed by atoms with E-state index in [4.69, 9.17) is 4.74 Å². The number of hydrogen-bond acceptors (Lipinski definition) is 5. The molecule has 0 spiro atoms. The Morgan fingerprint density at radius 3 is 2.73 bits per heavy atom. The summed E-state index contributed by atoms with van der Waals surface area (Å²) < 4.78 is 31.5. The van der Waals surface area contributed by atoms with E-state index in [0.717, 1.165) is 19.4 Å². The summed E-state index contributed by atoms with van der Waals surface area (Å²) in [7, 11) is -2.15. The van der Waals surface area contributed by atoms with E-state index in [9.17, 15) is 13.2 Å². The Bertz CT molecular complexity index is 583. The number of rotatable bonds is 7. The lowest BCUT2D eigenvalue weighted by molar-refractivity contribution is -0.122. The summed E-state index contributed by atoms with van der Waals surface area (Å²) in [6, 6.07) is 8.87. The largest absolute Gasteiger partial charge is 0.379 e. The molecule has 0 aliphatic carbocycles.